The van der Waals surface area contributed by atoms with Crippen LogP contribution in [-0.4, -0.2) is 9.38 Å². The van der Waals surface area contributed by atoms with E-state index in [1.807, 2.05) is 18.3 Å². The van der Waals surface area contributed by atoms with Crippen molar-refractivity contribution in [2.24, 2.45) is 0 Å². The summed E-state index contributed by atoms with van der Waals surface area (Å²) in [5.41, 5.74) is 3.75. The van der Waals surface area contributed by atoms with Crippen LogP contribution in [0, 0.1) is 6.92 Å². The first kappa shape index (κ1) is 10.1. The first-order valence-corrected chi connectivity index (χ1v) is 5.79. The molecule has 84 valence electrons. The van der Waals surface area contributed by atoms with Crippen LogP contribution in [-0.2, 0) is 6.42 Å². The van der Waals surface area contributed by atoms with Gasteiger partial charge in [-0.2, -0.15) is 0 Å². The van der Waals surface area contributed by atoms with Crippen LogP contribution >= 0.6 is 0 Å². The molecule has 1 aromatic carbocycles. The lowest BCUT2D eigenvalue weighted by atomic mass is 10.1. The maximum absolute atomic E-state index is 4.48. The van der Waals surface area contributed by atoms with Crippen LogP contribution in [0.2, 0.25) is 0 Å². The number of aromatic nitrogens is 2. The largest absolute Gasteiger partial charge is 0.303 e. The number of imidazole rings is 1. The van der Waals surface area contributed by atoms with Crippen LogP contribution in [0.5, 0.6) is 0 Å². The molecule has 0 spiro atoms. The average Bonchev–Trinajstić information content (AvgIpc) is 2.73. The summed E-state index contributed by atoms with van der Waals surface area (Å²) in [4.78, 5) is 4.48. The number of benzene rings is 1. The van der Waals surface area contributed by atoms with Crippen molar-refractivity contribution in [3.05, 3.63) is 71.8 Å². The van der Waals surface area contributed by atoms with E-state index in [-0.39, 0.29) is 0 Å². The molecule has 2 aromatic heterocycles. The summed E-state index contributed by atoms with van der Waals surface area (Å²) < 4.78 is 2.14. The minimum absolute atomic E-state index is 0.875. The van der Waals surface area contributed by atoms with Gasteiger partial charge in [-0.1, -0.05) is 35.9 Å². The second kappa shape index (κ2) is 4.06. The quantitative estimate of drug-likeness (QED) is 0.650. The third-order valence-electron chi connectivity index (χ3n) is 2.96. The Morgan fingerprint density at radius 3 is 2.94 bits per heavy atom. The SMILES string of the molecule is Cc1cccc(Cc2ncc3ccccn23)c1. The predicted molar refractivity (Wildman–Crippen MR) is 69.2 cm³/mol. The summed E-state index contributed by atoms with van der Waals surface area (Å²) >= 11 is 0. The topological polar surface area (TPSA) is 17.3 Å². The van der Waals surface area contributed by atoms with Crippen LogP contribution in [0.25, 0.3) is 5.52 Å². The third-order valence-corrected chi connectivity index (χ3v) is 2.96. The second-order valence-electron chi connectivity index (χ2n) is 4.34. The molecule has 0 radical (unpaired) electrons. The van der Waals surface area contributed by atoms with Crippen LogP contribution in [0.15, 0.2) is 54.9 Å². The van der Waals surface area contributed by atoms with E-state index in [4.69, 9.17) is 0 Å². The first-order valence-electron chi connectivity index (χ1n) is 5.79. The van der Waals surface area contributed by atoms with Crippen molar-refractivity contribution >= 4 is 5.52 Å². The van der Waals surface area contributed by atoms with Crippen LogP contribution in [0.4, 0.5) is 0 Å². The van der Waals surface area contributed by atoms with Crippen molar-refractivity contribution in [1.82, 2.24) is 9.38 Å². The van der Waals surface area contributed by atoms with Crippen LogP contribution < -0.4 is 0 Å². The van der Waals surface area contributed by atoms with E-state index in [9.17, 15) is 0 Å². The van der Waals surface area contributed by atoms with Gasteiger partial charge >= 0.3 is 0 Å². The molecular formula is C15H14N2. The molecule has 2 heterocycles. The highest BCUT2D eigenvalue weighted by atomic mass is 15.0. The van der Waals surface area contributed by atoms with Gasteiger partial charge in [-0.25, -0.2) is 4.98 Å². The molecule has 0 atom stereocenters. The Kier molecular flexibility index (Phi) is 2.41. The van der Waals surface area contributed by atoms with Crippen molar-refractivity contribution in [2.45, 2.75) is 13.3 Å². The Bertz CT molecular complexity index is 653. The lowest BCUT2D eigenvalue weighted by Gasteiger charge is -2.02. The lowest BCUT2D eigenvalue weighted by Crippen LogP contribution is -1.96. The molecule has 17 heavy (non-hydrogen) atoms. The number of aryl methyl sites for hydroxylation is 1. The minimum Gasteiger partial charge on any atom is -0.303 e. The van der Waals surface area contributed by atoms with Gasteiger partial charge in [0.15, 0.2) is 0 Å². The van der Waals surface area contributed by atoms with Gasteiger partial charge in [0.1, 0.15) is 5.82 Å². The van der Waals surface area contributed by atoms with Crippen LogP contribution in [0.1, 0.15) is 17.0 Å². The van der Waals surface area contributed by atoms with Gasteiger partial charge in [0, 0.05) is 12.6 Å². The molecule has 0 aliphatic rings. The molecule has 0 fully saturated rings. The van der Waals surface area contributed by atoms with Gasteiger partial charge in [0.25, 0.3) is 0 Å². The molecule has 0 bridgehead atoms. The van der Waals surface area contributed by atoms with E-state index in [2.05, 4.69) is 52.8 Å². The molecule has 0 aliphatic heterocycles. The van der Waals surface area contributed by atoms with Gasteiger partial charge in [0.2, 0.25) is 0 Å². The Morgan fingerprint density at radius 1 is 1.12 bits per heavy atom. The number of hydrogen-bond acceptors (Lipinski definition) is 1. The van der Waals surface area contributed by atoms with Crippen molar-refractivity contribution in [3.63, 3.8) is 0 Å². The zero-order valence-electron chi connectivity index (χ0n) is 9.80. The molecule has 0 amide bonds. The third kappa shape index (κ3) is 1.94. The van der Waals surface area contributed by atoms with Gasteiger partial charge in [0.05, 0.1) is 11.7 Å². The standard InChI is InChI=1S/C15H14N2/c1-12-5-4-6-13(9-12)10-15-16-11-14-7-2-3-8-17(14)15/h2-9,11H,10H2,1H3. The molecule has 0 saturated carbocycles. The van der Waals surface area contributed by atoms with Crippen molar-refractivity contribution < 1.29 is 0 Å². The zero-order valence-corrected chi connectivity index (χ0v) is 9.80. The van der Waals surface area contributed by atoms with Gasteiger partial charge < -0.3 is 4.40 Å². The lowest BCUT2D eigenvalue weighted by molar-refractivity contribution is 0.960. The van der Waals surface area contributed by atoms with E-state index in [0.29, 0.717) is 0 Å². The number of pyridine rings is 1. The summed E-state index contributed by atoms with van der Waals surface area (Å²) in [5.74, 6) is 1.09. The number of fused-ring (bicyclic) bond motifs is 1. The summed E-state index contributed by atoms with van der Waals surface area (Å²) in [6.45, 7) is 2.12. The van der Waals surface area contributed by atoms with Crippen LogP contribution in [0.3, 0.4) is 0 Å². The Balaban J connectivity index is 2.00. The second-order valence-corrected chi connectivity index (χ2v) is 4.34. The fraction of sp³-hybridized carbons (Fsp3) is 0.133. The molecule has 0 aliphatic carbocycles. The fourth-order valence-corrected chi connectivity index (χ4v) is 2.13. The maximum atomic E-state index is 4.48. The zero-order chi connectivity index (χ0) is 11.7. The summed E-state index contributed by atoms with van der Waals surface area (Å²) in [6.07, 6.45) is 4.86. The molecular weight excluding hydrogens is 208 g/mol. The van der Waals surface area contributed by atoms with E-state index in [0.717, 1.165) is 17.8 Å². The maximum Gasteiger partial charge on any atom is 0.117 e. The molecule has 2 heteroatoms. The van der Waals surface area contributed by atoms with E-state index in [1.54, 1.807) is 0 Å². The summed E-state index contributed by atoms with van der Waals surface area (Å²) in [7, 11) is 0. The average molecular weight is 222 g/mol. The molecule has 3 aromatic rings. The normalized spacial score (nSPS) is 10.9. The Morgan fingerprint density at radius 2 is 2.06 bits per heavy atom. The number of rotatable bonds is 2. The van der Waals surface area contributed by atoms with Crippen molar-refractivity contribution in [2.75, 3.05) is 0 Å². The first-order chi connectivity index (χ1) is 8.33. The van der Waals surface area contributed by atoms with Crippen molar-refractivity contribution in [1.29, 1.82) is 0 Å². The summed E-state index contributed by atoms with van der Waals surface area (Å²) in [5, 5.41) is 0. The van der Waals surface area contributed by atoms with E-state index in [1.165, 1.54) is 11.1 Å². The summed E-state index contributed by atoms with van der Waals surface area (Å²) in [6, 6.07) is 14.7. The molecule has 3 rings (SSSR count). The monoisotopic (exact) mass is 222 g/mol. The Labute approximate surface area is 101 Å². The number of hydrogen-bond donors (Lipinski definition) is 0. The smallest absolute Gasteiger partial charge is 0.117 e. The fourth-order valence-electron chi connectivity index (χ4n) is 2.13. The number of nitrogens with zero attached hydrogens (tertiary/aromatic N) is 2. The Hall–Kier alpha value is -2.09. The predicted octanol–water partition coefficient (Wildman–Crippen LogP) is 3.23. The molecule has 2 nitrogen and oxygen atoms in total. The van der Waals surface area contributed by atoms with Gasteiger partial charge in [-0.15, -0.1) is 0 Å². The van der Waals surface area contributed by atoms with Gasteiger partial charge in [-0.3, -0.25) is 0 Å². The highest BCUT2D eigenvalue weighted by molar-refractivity contribution is 5.46. The minimum atomic E-state index is 0.875. The highest BCUT2D eigenvalue weighted by Crippen LogP contribution is 2.12. The highest BCUT2D eigenvalue weighted by Gasteiger charge is 2.03. The van der Waals surface area contributed by atoms with E-state index < -0.39 is 0 Å². The van der Waals surface area contributed by atoms with Crippen molar-refractivity contribution in [3.8, 4) is 0 Å². The van der Waals surface area contributed by atoms with Gasteiger partial charge in [-0.05, 0) is 24.6 Å². The molecule has 0 unspecified atom stereocenters. The molecule has 0 N–H and O–H groups in total. The molecule has 0 saturated heterocycles. The van der Waals surface area contributed by atoms with E-state index >= 15 is 0 Å².